The van der Waals surface area contributed by atoms with Gasteiger partial charge in [-0.1, -0.05) is 0 Å². The van der Waals surface area contributed by atoms with Crippen molar-refractivity contribution >= 4 is 34.0 Å². The van der Waals surface area contributed by atoms with Gasteiger partial charge in [0, 0.05) is 49.4 Å². The van der Waals surface area contributed by atoms with E-state index >= 15 is 0 Å². The van der Waals surface area contributed by atoms with E-state index in [4.69, 9.17) is 4.98 Å². The van der Waals surface area contributed by atoms with Crippen molar-refractivity contribution in [1.82, 2.24) is 29.4 Å². The quantitative estimate of drug-likeness (QED) is 0.527. The fourth-order valence-corrected chi connectivity index (χ4v) is 5.46. The van der Waals surface area contributed by atoms with Gasteiger partial charge >= 0.3 is 6.09 Å². The molecular formula is C23H29N7O3S. The maximum atomic E-state index is 13.5. The Hall–Kier alpha value is -3.21. The Kier molecular flexibility index (Phi) is 6.11. The number of carbonyl (C=O) groups excluding carboxylic acids is 1. The first kappa shape index (κ1) is 22.6. The lowest BCUT2D eigenvalue weighted by Crippen LogP contribution is -2.48. The number of thiazole rings is 1. The molecule has 0 radical (unpaired) electrons. The predicted octanol–water partition coefficient (Wildman–Crippen LogP) is 3.67. The summed E-state index contributed by atoms with van der Waals surface area (Å²) in [6, 6.07) is 1.94. The molecule has 1 saturated heterocycles. The number of anilines is 1. The van der Waals surface area contributed by atoms with E-state index in [9.17, 15) is 14.7 Å². The molecule has 3 aromatic heterocycles. The molecule has 180 valence electrons. The lowest BCUT2D eigenvalue weighted by Gasteiger charge is -2.36. The molecule has 10 nitrogen and oxygen atoms in total. The second-order valence-electron chi connectivity index (χ2n) is 9.04. The molecular weight excluding hydrogens is 454 g/mol. The van der Waals surface area contributed by atoms with Crippen molar-refractivity contribution in [1.29, 1.82) is 0 Å². The average Bonchev–Trinajstić information content (AvgIpc) is 3.45. The van der Waals surface area contributed by atoms with Gasteiger partial charge in [-0.25, -0.2) is 19.3 Å². The van der Waals surface area contributed by atoms with Crippen LogP contribution in [0.4, 0.5) is 10.6 Å². The van der Waals surface area contributed by atoms with Crippen molar-refractivity contribution in [2.75, 3.05) is 25.0 Å². The maximum absolute atomic E-state index is 13.5. The van der Waals surface area contributed by atoms with Crippen molar-refractivity contribution in [3.05, 3.63) is 29.5 Å². The second-order valence-corrected chi connectivity index (χ2v) is 9.93. The first-order chi connectivity index (χ1) is 16.4. The van der Waals surface area contributed by atoms with Gasteiger partial charge in [0.05, 0.1) is 11.8 Å². The molecule has 0 spiro atoms. The molecule has 4 heterocycles. The largest absolute Gasteiger partial charge is 0.465 e. The summed E-state index contributed by atoms with van der Waals surface area (Å²) in [6.07, 6.45) is 6.36. The van der Waals surface area contributed by atoms with Gasteiger partial charge in [-0.15, -0.1) is 11.3 Å². The van der Waals surface area contributed by atoms with E-state index in [0.717, 1.165) is 10.4 Å². The zero-order valence-electron chi connectivity index (χ0n) is 19.3. The third-order valence-electron chi connectivity index (χ3n) is 6.80. The van der Waals surface area contributed by atoms with E-state index < -0.39 is 6.09 Å². The van der Waals surface area contributed by atoms with Gasteiger partial charge in [-0.3, -0.25) is 4.79 Å². The monoisotopic (exact) mass is 483 g/mol. The maximum Gasteiger partial charge on any atom is 0.407 e. The molecule has 1 aliphatic heterocycles. The number of hydrogen-bond acceptors (Lipinski definition) is 7. The number of carbonyl (C=O) groups is 2. The van der Waals surface area contributed by atoms with Crippen molar-refractivity contribution in [2.24, 2.45) is 5.92 Å². The van der Waals surface area contributed by atoms with Crippen LogP contribution in [0.25, 0.3) is 16.2 Å². The van der Waals surface area contributed by atoms with Crippen LogP contribution in [0.3, 0.4) is 0 Å². The number of likely N-dealkylation sites (tertiary alicyclic amines) is 1. The number of nitrogens with one attached hydrogen (secondary N) is 1. The molecule has 11 heteroatoms. The minimum Gasteiger partial charge on any atom is -0.465 e. The fourth-order valence-electron chi connectivity index (χ4n) is 4.67. The lowest BCUT2D eigenvalue weighted by atomic mass is 10.0. The number of carboxylic acid groups (broad SMARTS) is 1. The minimum absolute atomic E-state index is 0.0661. The molecule has 1 saturated carbocycles. The van der Waals surface area contributed by atoms with Gasteiger partial charge in [0.25, 0.3) is 5.91 Å². The van der Waals surface area contributed by atoms with Crippen molar-refractivity contribution in [2.45, 2.75) is 51.6 Å². The van der Waals surface area contributed by atoms with E-state index in [-0.39, 0.29) is 18.0 Å². The van der Waals surface area contributed by atoms with Crippen molar-refractivity contribution < 1.29 is 14.7 Å². The molecule has 3 aromatic rings. The van der Waals surface area contributed by atoms with E-state index in [1.807, 2.05) is 18.5 Å². The molecule has 2 N–H and O–H groups in total. The first-order valence-electron chi connectivity index (χ1n) is 11.8. The van der Waals surface area contributed by atoms with Crippen LogP contribution in [0.15, 0.2) is 23.8 Å². The zero-order chi connectivity index (χ0) is 23.8. The van der Waals surface area contributed by atoms with Gasteiger partial charge in [-0.2, -0.15) is 5.10 Å². The Labute approximate surface area is 201 Å². The van der Waals surface area contributed by atoms with Gasteiger partial charge in [0.2, 0.25) is 0 Å². The topological polar surface area (TPSA) is 116 Å². The van der Waals surface area contributed by atoms with Crippen molar-refractivity contribution in [3.63, 3.8) is 0 Å². The molecule has 0 bridgehead atoms. The van der Waals surface area contributed by atoms with Crippen molar-refractivity contribution in [3.8, 4) is 11.4 Å². The highest BCUT2D eigenvalue weighted by Gasteiger charge is 2.31. The summed E-state index contributed by atoms with van der Waals surface area (Å²) >= 11 is 1.55. The molecule has 5 rings (SSSR count). The van der Waals surface area contributed by atoms with Crippen LogP contribution < -0.4 is 5.32 Å². The Balaban J connectivity index is 1.40. The fraction of sp³-hybridized carbons (Fsp3) is 0.522. The standard InChI is InChI=1S/C23H29N7O3S/c1-3-29(23(32)33)16-6-8-28(9-7-16)21(31)18-12-19(25-14(2)15-4-5-15)27-20(26-18)17-13-24-30-10-11-34-22(17)30/h10-16H,3-9H2,1-2H3,(H,32,33)(H,25,26,27)/t14-/m1/s1. The molecule has 2 amide bonds. The number of piperidine rings is 1. The predicted molar refractivity (Wildman–Crippen MR) is 129 cm³/mol. The normalized spacial score (nSPS) is 17.6. The molecule has 2 aliphatic rings. The Morgan fingerprint density at radius 1 is 1.26 bits per heavy atom. The lowest BCUT2D eigenvalue weighted by molar-refractivity contribution is 0.0617. The summed E-state index contributed by atoms with van der Waals surface area (Å²) in [5.74, 6) is 1.60. The first-order valence-corrected chi connectivity index (χ1v) is 12.7. The second kappa shape index (κ2) is 9.21. The van der Waals surface area contributed by atoms with Crippen LogP contribution in [-0.4, -0.2) is 78.2 Å². The molecule has 0 aromatic carbocycles. The van der Waals surface area contributed by atoms with Crippen LogP contribution in [0.2, 0.25) is 0 Å². The average molecular weight is 484 g/mol. The SMILES string of the molecule is CCN(C(=O)O)C1CCN(C(=O)c2cc(N[C@H](C)C3CC3)nc(-c3cnn4ccsc34)n2)CC1. The Morgan fingerprint density at radius 3 is 2.71 bits per heavy atom. The number of fused-ring (bicyclic) bond motifs is 1. The number of aromatic nitrogens is 4. The van der Waals surface area contributed by atoms with Gasteiger partial charge < -0.3 is 20.2 Å². The highest BCUT2D eigenvalue weighted by molar-refractivity contribution is 7.16. The molecule has 0 unspecified atom stereocenters. The molecule has 34 heavy (non-hydrogen) atoms. The third kappa shape index (κ3) is 4.44. The highest BCUT2D eigenvalue weighted by atomic mass is 32.1. The Morgan fingerprint density at radius 2 is 2.03 bits per heavy atom. The van der Waals surface area contributed by atoms with Crippen LogP contribution in [0.5, 0.6) is 0 Å². The van der Waals surface area contributed by atoms with E-state index in [1.165, 1.54) is 17.7 Å². The molecule has 2 fully saturated rings. The summed E-state index contributed by atoms with van der Waals surface area (Å²) < 4.78 is 1.78. The van der Waals surface area contributed by atoms with Gasteiger partial charge in [-0.05, 0) is 45.4 Å². The zero-order valence-corrected chi connectivity index (χ0v) is 20.2. The van der Waals surface area contributed by atoms with Gasteiger partial charge in [0.15, 0.2) is 5.82 Å². The number of rotatable bonds is 7. The van der Waals surface area contributed by atoms with Crippen LogP contribution in [-0.2, 0) is 0 Å². The smallest absolute Gasteiger partial charge is 0.407 e. The summed E-state index contributed by atoms with van der Waals surface area (Å²) in [6.45, 7) is 5.42. The van der Waals surface area contributed by atoms with Crippen LogP contribution >= 0.6 is 11.3 Å². The highest BCUT2D eigenvalue weighted by Crippen LogP contribution is 2.34. The number of hydrogen-bond donors (Lipinski definition) is 2. The Bertz CT molecular complexity index is 1200. The summed E-state index contributed by atoms with van der Waals surface area (Å²) in [4.78, 5) is 38.5. The van der Waals surface area contributed by atoms with E-state index in [0.29, 0.717) is 55.7 Å². The third-order valence-corrected chi connectivity index (χ3v) is 7.69. The van der Waals surface area contributed by atoms with Crippen LogP contribution in [0.1, 0.15) is 50.0 Å². The van der Waals surface area contributed by atoms with Crippen LogP contribution in [0, 0.1) is 5.92 Å². The van der Waals surface area contributed by atoms with E-state index in [1.54, 1.807) is 33.0 Å². The number of amides is 2. The van der Waals surface area contributed by atoms with Gasteiger partial charge in [0.1, 0.15) is 16.3 Å². The summed E-state index contributed by atoms with van der Waals surface area (Å²) in [5.41, 5.74) is 1.14. The van der Waals surface area contributed by atoms with E-state index in [2.05, 4.69) is 22.3 Å². The molecule has 1 atom stereocenters. The summed E-state index contributed by atoms with van der Waals surface area (Å²) in [5, 5.41) is 19.2. The summed E-state index contributed by atoms with van der Waals surface area (Å²) in [7, 11) is 0. The number of nitrogens with zero attached hydrogens (tertiary/aromatic N) is 6. The minimum atomic E-state index is -0.908. The molecule has 1 aliphatic carbocycles.